The van der Waals surface area contributed by atoms with Gasteiger partial charge in [0, 0.05) is 0 Å². The number of carbonyl (C=O) groups excluding carboxylic acids is 1. The molecule has 1 aliphatic rings. The van der Waals surface area contributed by atoms with Crippen LogP contribution in [-0.2, 0) is 24.2 Å². The summed E-state index contributed by atoms with van der Waals surface area (Å²) in [5.74, 6) is 1.03. The van der Waals surface area contributed by atoms with Crippen molar-refractivity contribution in [2.24, 2.45) is 0 Å². The van der Waals surface area contributed by atoms with Crippen LogP contribution in [0.2, 0.25) is 0 Å². The van der Waals surface area contributed by atoms with E-state index in [1.54, 1.807) is 11.8 Å². The lowest BCUT2D eigenvalue weighted by Crippen LogP contribution is -2.28. The third kappa shape index (κ3) is 5.44. The Bertz CT molecular complexity index is 1030. The Labute approximate surface area is 186 Å². The maximum absolute atomic E-state index is 12.5. The molecule has 162 valence electrons. The number of benzene rings is 2. The molecule has 1 N–H and O–H groups in total. The van der Waals surface area contributed by atoms with Gasteiger partial charge in [-0.25, -0.2) is 4.68 Å². The first-order valence-corrected chi connectivity index (χ1v) is 11.5. The molecule has 7 nitrogen and oxygen atoms in total. The Morgan fingerprint density at radius 3 is 2.71 bits per heavy atom. The highest BCUT2D eigenvalue weighted by Crippen LogP contribution is 2.25. The number of aromatic nitrogens is 4. The molecule has 1 unspecified atom stereocenters. The summed E-state index contributed by atoms with van der Waals surface area (Å²) in [7, 11) is 1.64. The topological polar surface area (TPSA) is 81.9 Å². The van der Waals surface area contributed by atoms with Crippen molar-refractivity contribution in [2.75, 3.05) is 12.9 Å². The fourth-order valence-electron chi connectivity index (χ4n) is 3.82. The number of ether oxygens (including phenoxy) is 1. The van der Waals surface area contributed by atoms with Crippen molar-refractivity contribution in [3.8, 4) is 5.75 Å². The normalized spacial score (nSPS) is 14.0. The van der Waals surface area contributed by atoms with Gasteiger partial charge < -0.3 is 10.1 Å². The molecule has 2 aromatic carbocycles. The molecule has 0 aliphatic heterocycles. The number of tetrazole rings is 1. The van der Waals surface area contributed by atoms with Gasteiger partial charge in [-0.15, -0.1) is 5.10 Å². The number of fused-ring (bicyclic) bond motifs is 1. The van der Waals surface area contributed by atoms with E-state index in [0.717, 1.165) is 29.7 Å². The monoisotopic (exact) mass is 437 g/mol. The number of aryl methyl sites for hydroxylation is 2. The number of hydrogen-bond donors (Lipinski definition) is 1. The summed E-state index contributed by atoms with van der Waals surface area (Å²) in [6, 6.07) is 14.3. The van der Waals surface area contributed by atoms with E-state index in [1.165, 1.54) is 35.7 Å². The summed E-state index contributed by atoms with van der Waals surface area (Å²) in [5.41, 5.74) is 5.09. The number of nitrogens with zero attached hydrogens (tertiary/aromatic N) is 4. The quantitative estimate of drug-likeness (QED) is 0.543. The molecule has 1 amide bonds. The zero-order chi connectivity index (χ0) is 21.6. The summed E-state index contributed by atoms with van der Waals surface area (Å²) >= 11 is 1.34. The average molecular weight is 438 g/mol. The van der Waals surface area contributed by atoms with Crippen LogP contribution in [0.25, 0.3) is 0 Å². The summed E-state index contributed by atoms with van der Waals surface area (Å²) in [6.45, 7) is 2.56. The minimum absolute atomic E-state index is 0.0318. The molecular formula is C23H27N5O2S. The molecule has 0 saturated heterocycles. The third-order valence-corrected chi connectivity index (χ3v) is 6.53. The fraction of sp³-hybridized carbons (Fsp3) is 0.391. The Kier molecular flexibility index (Phi) is 6.86. The summed E-state index contributed by atoms with van der Waals surface area (Å²) in [6.07, 6.45) is 4.82. The SMILES string of the molecule is COc1ccc(Cn2nnnc2SCC(=O)NC(C)c2ccc3c(c2)CCCC3)cc1. The lowest BCUT2D eigenvalue weighted by atomic mass is 9.89. The summed E-state index contributed by atoms with van der Waals surface area (Å²) in [4.78, 5) is 12.5. The van der Waals surface area contributed by atoms with Gasteiger partial charge in [0.25, 0.3) is 0 Å². The predicted molar refractivity (Wildman–Crippen MR) is 120 cm³/mol. The van der Waals surface area contributed by atoms with Gasteiger partial charge in [-0.05, 0) is 77.4 Å². The Balaban J connectivity index is 1.31. The molecular weight excluding hydrogens is 410 g/mol. The number of nitrogens with one attached hydrogen (secondary N) is 1. The predicted octanol–water partition coefficient (Wildman–Crippen LogP) is 3.58. The molecule has 1 aliphatic carbocycles. The van der Waals surface area contributed by atoms with Gasteiger partial charge in [-0.1, -0.05) is 42.1 Å². The zero-order valence-electron chi connectivity index (χ0n) is 17.9. The lowest BCUT2D eigenvalue weighted by Gasteiger charge is -2.20. The van der Waals surface area contributed by atoms with Crippen molar-refractivity contribution in [1.29, 1.82) is 0 Å². The highest BCUT2D eigenvalue weighted by atomic mass is 32.2. The summed E-state index contributed by atoms with van der Waals surface area (Å²) in [5, 5.41) is 15.6. The lowest BCUT2D eigenvalue weighted by molar-refractivity contribution is -0.119. The van der Waals surface area contributed by atoms with E-state index < -0.39 is 0 Å². The van der Waals surface area contributed by atoms with Gasteiger partial charge in [0.1, 0.15) is 5.75 Å². The Hall–Kier alpha value is -2.87. The number of carbonyl (C=O) groups is 1. The van der Waals surface area contributed by atoms with Gasteiger partial charge in [0.15, 0.2) is 0 Å². The number of methoxy groups -OCH3 is 1. The average Bonchev–Trinajstić information content (AvgIpc) is 3.24. The van der Waals surface area contributed by atoms with Crippen molar-refractivity contribution in [1.82, 2.24) is 25.5 Å². The molecule has 1 heterocycles. The molecule has 8 heteroatoms. The van der Waals surface area contributed by atoms with Gasteiger partial charge in [0.05, 0.1) is 25.4 Å². The minimum Gasteiger partial charge on any atom is -0.497 e. The number of thioether (sulfide) groups is 1. The second-order valence-corrected chi connectivity index (χ2v) is 8.72. The van der Waals surface area contributed by atoms with Gasteiger partial charge in [-0.3, -0.25) is 4.79 Å². The first kappa shape index (κ1) is 21.4. The van der Waals surface area contributed by atoms with Crippen LogP contribution in [0.4, 0.5) is 0 Å². The van der Waals surface area contributed by atoms with Crippen LogP contribution in [0.3, 0.4) is 0 Å². The van der Waals surface area contributed by atoms with E-state index >= 15 is 0 Å². The van der Waals surface area contributed by atoms with Gasteiger partial charge in [-0.2, -0.15) is 0 Å². The van der Waals surface area contributed by atoms with E-state index in [0.29, 0.717) is 11.7 Å². The molecule has 0 radical (unpaired) electrons. The zero-order valence-corrected chi connectivity index (χ0v) is 18.7. The van der Waals surface area contributed by atoms with E-state index in [4.69, 9.17) is 4.74 Å². The Morgan fingerprint density at radius 2 is 1.94 bits per heavy atom. The smallest absolute Gasteiger partial charge is 0.230 e. The molecule has 1 atom stereocenters. The number of amides is 1. The van der Waals surface area contributed by atoms with Crippen LogP contribution < -0.4 is 10.1 Å². The first-order valence-electron chi connectivity index (χ1n) is 10.6. The molecule has 3 aromatic rings. The highest BCUT2D eigenvalue weighted by Gasteiger charge is 2.16. The van der Waals surface area contributed by atoms with Crippen LogP contribution in [0.5, 0.6) is 5.75 Å². The molecule has 0 spiro atoms. The van der Waals surface area contributed by atoms with Gasteiger partial charge in [0.2, 0.25) is 11.1 Å². The van der Waals surface area contributed by atoms with Crippen molar-refractivity contribution >= 4 is 17.7 Å². The second-order valence-electron chi connectivity index (χ2n) is 7.78. The maximum atomic E-state index is 12.5. The minimum atomic E-state index is -0.0331. The van der Waals surface area contributed by atoms with Crippen LogP contribution in [0, 0.1) is 0 Å². The Morgan fingerprint density at radius 1 is 1.16 bits per heavy atom. The van der Waals surface area contributed by atoms with Crippen LogP contribution >= 0.6 is 11.8 Å². The van der Waals surface area contributed by atoms with E-state index in [9.17, 15) is 4.79 Å². The van der Waals surface area contributed by atoms with Crippen molar-refractivity contribution in [3.05, 3.63) is 64.7 Å². The van der Waals surface area contributed by atoms with Crippen LogP contribution in [-0.4, -0.2) is 39.0 Å². The van der Waals surface area contributed by atoms with Crippen LogP contribution in [0.15, 0.2) is 47.6 Å². The largest absolute Gasteiger partial charge is 0.497 e. The first-order chi connectivity index (χ1) is 15.1. The van der Waals surface area contributed by atoms with Crippen LogP contribution in [0.1, 0.15) is 48.1 Å². The fourth-order valence-corrected chi connectivity index (χ4v) is 4.51. The molecule has 0 saturated carbocycles. The second kappa shape index (κ2) is 9.96. The summed E-state index contributed by atoms with van der Waals surface area (Å²) < 4.78 is 6.89. The molecule has 1 aromatic heterocycles. The molecule has 31 heavy (non-hydrogen) atoms. The molecule has 0 bridgehead atoms. The molecule has 4 rings (SSSR count). The van der Waals surface area contributed by atoms with E-state index in [2.05, 4.69) is 39.0 Å². The van der Waals surface area contributed by atoms with E-state index in [1.807, 2.05) is 31.2 Å². The van der Waals surface area contributed by atoms with E-state index in [-0.39, 0.29) is 17.7 Å². The maximum Gasteiger partial charge on any atom is 0.230 e. The van der Waals surface area contributed by atoms with Gasteiger partial charge >= 0.3 is 0 Å². The standard InChI is InChI=1S/C23H27N5O2S/c1-16(19-10-9-18-5-3-4-6-20(18)13-19)24-22(29)15-31-23-25-26-27-28(23)14-17-7-11-21(30-2)12-8-17/h7-13,16H,3-6,14-15H2,1-2H3,(H,24,29). The third-order valence-electron chi connectivity index (χ3n) is 5.57. The molecule has 0 fully saturated rings. The number of rotatable bonds is 8. The van der Waals surface area contributed by atoms with Crippen molar-refractivity contribution < 1.29 is 9.53 Å². The van der Waals surface area contributed by atoms with Crippen molar-refractivity contribution in [2.45, 2.75) is 50.4 Å². The number of hydrogen-bond acceptors (Lipinski definition) is 6. The highest BCUT2D eigenvalue weighted by molar-refractivity contribution is 7.99. The van der Waals surface area contributed by atoms with Crippen molar-refractivity contribution in [3.63, 3.8) is 0 Å².